The topological polar surface area (TPSA) is 39.5 Å². The van der Waals surface area contributed by atoms with Crippen LogP contribution in [0.2, 0.25) is 0 Å². The molecule has 0 aromatic carbocycles. The summed E-state index contributed by atoms with van der Waals surface area (Å²) in [5, 5.41) is 4.24. The summed E-state index contributed by atoms with van der Waals surface area (Å²) in [5.41, 5.74) is 1.43. The van der Waals surface area contributed by atoms with Crippen molar-refractivity contribution in [2.45, 2.75) is 50.2 Å². The largest absolute Gasteiger partial charge is 0.381 e. The van der Waals surface area contributed by atoms with Gasteiger partial charge in [0.15, 0.2) is 0 Å². The highest BCUT2D eigenvalue weighted by Crippen LogP contribution is 2.35. The van der Waals surface area contributed by atoms with Crippen molar-refractivity contribution in [3.05, 3.63) is 18.0 Å². The highest BCUT2D eigenvalue weighted by molar-refractivity contribution is 5.03. The minimum absolute atomic E-state index is 0.0960. The van der Waals surface area contributed by atoms with E-state index < -0.39 is 0 Å². The van der Waals surface area contributed by atoms with Crippen molar-refractivity contribution in [3.63, 3.8) is 0 Å². The average Bonchev–Trinajstić information content (AvgIpc) is 2.93. The van der Waals surface area contributed by atoms with E-state index in [-0.39, 0.29) is 5.60 Å². The van der Waals surface area contributed by atoms with E-state index in [2.05, 4.69) is 23.2 Å². The van der Waals surface area contributed by atoms with Gasteiger partial charge in [-0.25, -0.2) is 0 Å². The Kier molecular flexibility index (Phi) is 5.16. The summed E-state index contributed by atoms with van der Waals surface area (Å²) in [6.07, 6.45) is 10.8. The van der Waals surface area contributed by atoms with Crippen LogP contribution in [0.3, 0.4) is 0 Å². The lowest BCUT2D eigenvalue weighted by atomic mass is 9.83. The zero-order valence-corrected chi connectivity index (χ0v) is 14.0. The monoisotopic (exact) mass is 307 g/mol. The van der Waals surface area contributed by atoms with Gasteiger partial charge in [0.25, 0.3) is 0 Å². The first-order valence-electron chi connectivity index (χ1n) is 8.56. The van der Waals surface area contributed by atoms with Crippen LogP contribution in [0.15, 0.2) is 12.4 Å². The van der Waals surface area contributed by atoms with E-state index in [0.717, 1.165) is 52.0 Å². The summed E-state index contributed by atoms with van der Waals surface area (Å²) in [5.74, 6) is 0. The molecule has 1 aromatic rings. The number of ether oxygens (including phenoxy) is 2. The maximum absolute atomic E-state index is 6.15. The van der Waals surface area contributed by atoms with E-state index in [4.69, 9.17) is 9.47 Å². The molecule has 0 aliphatic carbocycles. The molecule has 1 spiro atoms. The normalized spacial score (nSPS) is 25.0. The van der Waals surface area contributed by atoms with Crippen molar-refractivity contribution in [3.8, 4) is 0 Å². The second kappa shape index (κ2) is 7.11. The molecule has 1 aromatic heterocycles. The molecular weight excluding hydrogens is 278 g/mol. The lowest BCUT2D eigenvalue weighted by Gasteiger charge is -2.45. The Morgan fingerprint density at radius 1 is 1.36 bits per heavy atom. The van der Waals surface area contributed by atoms with Crippen LogP contribution in [0, 0.1) is 0 Å². The fraction of sp³-hybridized carbons (Fsp3) is 0.824. The molecule has 5 heteroatoms. The predicted octanol–water partition coefficient (Wildman–Crippen LogP) is 2.01. The Hall–Kier alpha value is -0.910. The minimum atomic E-state index is 0.0960. The Morgan fingerprint density at radius 3 is 2.91 bits per heavy atom. The Labute approximate surface area is 133 Å². The molecule has 0 amide bonds. The Bertz CT molecular complexity index is 463. The van der Waals surface area contributed by atoms with Gasteiger partial charge in [0.05, 0.1) is 11.8 Å². The highest BCUT2D eigenvalue weighted by atomic mass is 16.5. The fourth-order valence-corrected chi connectivity index (χ4v) is 3.79. The number of nitrogens with zero attached hydrogens (tertiary/aromatic N) is 3. The van der Waals surface area contributed by atoms with Crippen molar-refractivity contribution >= 4 is 0 Å². The van der Waals surface area contributed by atoms with Crippen LogP contribution in [0.25, 0.3) is 0 Å². The van der Waals surface area contributed by atoms with Crippen molar-refractivity contribution in [2.75, 3.05) is 33.4 Å². The number of aromatic nitrogens is 2. The molecule has 124 valence electrons. The van der Waals surface area contributed by atoms with Gasteiger partial charge in [0.1, 0.15) is 0 Å². The third-order valence-electron chi connectivity index (χ3n) is 5.23. The molecule has 5 nitrogen and oxygen atoms in total. The molecule has 0 N–H and O–H groups in total. The first-order chi connectivity index (χ1) is 10.7. The lowest BCUT2D eigenvalue weighted by molar-refractivity contribution is -0.149. The number of hydrogen-bond donors (Lipinski definition) is 0. The minimum Gasteiger partial charge on any atom is -0.381 e. The van der Waals surface area contributed by atoms with Gasteiger partial charge in [-0.3, -0.25) is 4.68 Å². The summed E-state index contributed by atoms with van der Waals surface area (Å²) in [6.45, 7) is 3.76. The smallest absolute Gasteiger partial charge is 0.0741 e. The van der Waals surface area contributed by atoms with Gasteiger partial charge in [-0.1, -0.05) is 0 Å². The Morgan fingerprint density at radius 2 is 2.18 bits per heavy atom. The molecule has 0 radical (unpaired) electrons. The van der Waals surface area contributed by atoms with Gasteiger partial charge in [0.2, 0.25) is 0 Å². The van der Waals surface area contributed by atoms with Crippen molar-refractivity contribution in [2.24, 2.45) is 7.05 Å². The van der Waals surface area contributed by atoms with Crippen LogP contribution in [0.5, 0.6) is 0 Å². The molecular formula is C17H29N3O2. The van der Waals surface area contributed by atoms with Gasteiger partial charge >= 0.3 is 0 Å². The predicted molar refractivity (Wildman–Crippen MR) is 85.9 cm³/mol. The standard InChI is InChI=1S/C17H29N3O2/c1-19(8-3-4-15-13-18-20(2)14-15)16-5-9-22-17(12-16)6-10-21-11-7-17/h13-14,16H,3-12H2,1-2H3. The van der Waals surface area contributed by atoms with E-state index in [0.29, 0.717) is 6.04 Å². The third-order valence-corrected chi connectivity index (χ3v) is 5.23. The average molecular weight is 307 g/mol. The molecule has 0 bridgehead atoms. The van der Waals surface area contributed by atoms with Crippen molar-refractivity contribution in [1.82, 2.24) is 14.7 Å². The number of rotatable bonds is 5. The lowest BCUT2D eigenvalue weighted by Crippen LogP contribution is -2.50. The summed E-state index contributed by atoms with van der Waals surface area (Å²) in [6, 6.07) is 0.653. The summed E-state index contributed by atoms with van der Waals surface area (Å²) in [4.78, 5) is 2.54. The van der Waals surface area contributed by atoms with Gasteiger partial charge in [-0.05, 0) is 57.7 Å². The summed E-state index contributed by atoms with van der Waals surface area (Å²) >= 11 is 0. The zero-order chi connectivity index (χ0) is 15.4. The second-order valence-electron chi connectivity index (χ2n) is 6.90. The molecule has 3 heterocycles. The third kappa shape index (κ3) is 3.89. The Balaban J connectivity index is 1.46. The van der Waals surface area contributed by atoms with Gasteiger partial charge in [0, 0.05) is 39.1 Å². The fourth-order valence-electron chi connectivity index (χ4n) is 3.79. The maximum Gasteiger partial charge on any atom is 0.0741 e. The SMILES string of the molecule is CN(CCCc1cnn(C)c1)C1CCOC2(CCOCC2)C1. The van der Waals surface area contributed by atoms with Crippen LogP contribution in [-0.2, 0) is 22.9 Å². The first kappa shape index (κ1) is 16.0. The molecule has 0 saturated carbocycles. The quantitative estimate of drug-likeness (QED) is 0.834. The van der Waals surface area contributed by atoms with E-state index >= 15 is 0 Å². The zero-order valence-electron chi connectivity index (χ0n) is 14.0. The van der Waals surface area contributed by atoms with Crippen LogP contribution >= 0.6 is 0 Å². The second-order valence-corrected chi connectivity index (χ2v) is 6.90. The maximum atomic E-state index is 6.15. The van der Waals surface area contributed by atoms with E-state index in [1.54, 1.807) is 0 Å². The van der Waals surface area contributed by atoms with E-state index in [1.807, 2.05) is 17.9 Å². The molecule has 2 fully saturated rings. The highest BCUT2D eigenvalue weighted by Gasteiger charge is 2.39. The number of hydrogen-bond acceptors (Lipinski definition) is 4. The van der Waals surface area contributed by atoms with Crippen molar-refractivity contribution in [1.29, 1.82) is 0 Å². The van der Waals surface area contributed by atoms with Crippen LogP contribution < -0.4 is 0 Å². The van der Waals surface area contributed by atoms with Crippen molar-refractivity contribution < 1.29 is 9.47 Å². The first-order valence-corrected chi connectivity index (χ1v) is 8.56. The van der Waals surface area contributed by atoms with Gasteiger partial charge in [-0.15, -0.1) is 0 Å². The van der Waals surface area contributed by atoms with E-state index in [1.165, 1.54) is 18.4 Å². The molecule has 2 aliphatic heterocycles. The van der Waals surface area contributed by atoms with E-state index in [9.17, 15) is 0 Å². The van der Waals surface area contributed by atoms with Crippen LogP contribution in [0.1, 0.15) is 37.7 Å². The molecule has 22 heavy (non-hydrogen) atoms. The number of aryl methyl sites for hydroxylation is 2. The molecule has 1 unspecified atom stereocenters. The van der Waals surface area contributed by atoms with Crippen LogP contribution in [-0.4, -0.2) is 59.7 Å². The van der Waals surface area contributed by atoms with Gasteiger partial charge in [-0.2, -0.15) is 5.10 Å². The molecule has 1 atom stereocenters. The molecule has 2 saturated heterocycles. The van der Waals surface area contributed by atoms with Gasteiger partial charge < -0.3 is 14.4 Å². The summed E-state index contributed by atoms with van der Waals surface area (Å²) in [7, 11) is 4.25. The summed E-state index contributed by atoms with van der Waals surface area (Å²) < 4.78 is 13.5. The molecule has 3 rings (SSSR count). The van der Waals surface area contributed by atoms with Crippen LogP contribution in [0.4, 0.5) is 0 Å². The molecule has 2 aliphatic rings.